The largest absolute Gasteiger partial charge is 0.449 e. The molecule has 1 amide bonds. The second-order valence-corrected chi connectivity index (χ2v) is 5.17. The molecular formula is C11H17N3O4S. The van der Waals surface area contributed by atoms with E-state index in [1.807, 2.05) is 6.07 Å². The number of hydrogen-bond acceptors (Lipinski definition) is 5. The molecule has 0 aliphatic rings. The highest BCUT2D eigenvalue weighted by Gasteiger charge is 2.14. The summed E-state index contributed by atoms with van der Waals surface area (Å²) in [4.78, 5) is 11.0. The van der Waals surface area contributed by atoms with Gasteiger partial charge in [-0.05, 0) is 18.1 Å². The summed E-state index contributed by atoms with van der Waals surface area (Å²) in [6.07, 6.45) is -1.01. The van der Waals surface area contributed by atoms with Crippen LogP contribution in [0, 0.1) is 0 Å². The zero-order valence-electron chi connectivity index (χ0n) is 10.5. The predicted molar refractivity (Wildman–Crippen MR) is 70.3 cm³/mol. The minimum Gasteiger partial charge on any atom is -0.449 e. The van der Waals surface area contributed by atoms with Crippen LogP contribution in [0.4, 0.5) is 4.79 Å². The van der Waals surface area contributed by atoms with Gasteiger partial charge in [-0.3, -0.25) is 0 Å². The molecule has 0 aromatic heterocycles. The van der Waals surface area contributed by atoms with Crippen molar-refractivity contribution < 1.29 is 17.9 Å². The van der Waals surface area contributed by atoms with Crippen molar-refractivity contribution in [2.24, 2.45) is 5.73 Å². The molecule has 106 valence electrons. The van der Waals surface area contributed by atoms with E-state index in [1.54, 1.807) is 29.8 Å². The average molecular weight is 287 g/mol. The molecule has 1 rings (SSSR count). The minimum absolute atomic E-state index is 0.0581. The molecule has 0 bridgehead atoms. The van der Waals surface area contributed by atoms with Gasteiger partial charge in [0.1, 0.15) is 0 Å². The molecule has 0 atom stereocenters. The van der Waals surface area contributed by atoms with Gasteiger partial charge in [-0.15, -0.1) is 0 Å². The Kier molecular flexibility index (Phi) is 5.74. The second kappa shape index (κ2) is 7.07. The summed E-state index contributed by atoms with van der Waals surface area (Å²) in [5.41, 5.74) is 7.13. The Morgan fingerprint density at radius 3 is 2.68 bits per heavy atom. The number of nitrogens with one attached hydrogen (secondary N) is 2. The Hall–Kier alpha value is -1.64. The summed E-state index contributed by atoms with van der Waals surface area (Å²) >= 11 is 0. The molecule has 0 saturated heterocycles. The van der Waals surface area contributed by atoms with Crippen LogP contribution >= 0.6 is 0 Å². The molecule has 0 unspecified atom stereocenters. The molecule has 0 saturated carbocycles. The van der Waals surface area contributed by atoms with Crippen LogP contribution in [-0.4, -0.2) is 21.1 Å². The molecule has 1 aromatic carbocycles. The fraction of sp³-hybridized carbons (Fsp3) is 0.364. The van der Waals surface area contributed by atoms with E-state index in [1.165, 1.54) is 0 Å². The first-order valence-electron chi connectivity index (χ1n) is 5.69. The quantitative estimate of drug-likeness (QED) is 0.693. The Balaban J connectivity index is 2.57. The molecule has 0 radical (unpaired) electrons. The van der Waals surface area contributed by atoms with E-state index in [4.69, 9.17) is 5.73 Å². The molecular weight excluding hydrogens is 270 g/mol. The summed E-state index contributed by atoms with van der Waals surface area (Å²) in [5, 5.41) is 0. The summed E-state index contributed by atoms with van der Waals surface area (Å²) in [6.45, 7) is 2.11. The highest BCUT2D eigenvalue weighted by molar-refractivity contribution is 7.88. The topological polar surface area (TPSA) is 111 Å². The highest BCUT2D eigenvalue weighted by atomic mass is 32.2. The van der Waals surface area contributed by atoms with Crippen LogP contribution in [0.15, 0.2) is 24.3 Å². The molecule has 0 aliphatic heterocycles. The molecule has 0 aliphatic carbocycles. The van der Waals surface area contributed by atoms with Crippen LogP contribution in [0.3, 0.4) is 0 Å². The number of nitrogens with two attached hydrogens (primary N) is 1. The van der Waals surface area contributed by atoms with E-state index < -0.39 is 16.3 Å². The second-order valence-electron chi connectivity index (χ2n) is 3.67. The van der Waals surface area contributed by atoms with E-state index in [0.29, 0.717) is 6.54 Å². The van der Waals surface area contributed by atoms with Gasteiger partial charge in [0.15, 0.2) is 0 Å². The zero-order chi connectivity index (χ0) is 14.3. The molecule has 1 aromatic rings. The monoisotopic (exact) mass is 287 g/mol. The van der Waals surface area contributed by atoms with Crippen molar-refractivity contribution in [2.75, 3.05) is 6.61 Å². The van der Waals surface area contributed by atoms with E-state index in [2.05, 4.69) is 9.46 Å². The van der Waals surface area contributed by atoms with E-state index >= 15 is 0 Å². The molecule has 0 heterocycles. The van der Waals surface area contributed by atoms with Crippen LogP contribution < -0.4 is 15.2 Å². The first kappa shape index (κ1) is 15.4. The minimum atomic E-state index is -3.93. The number of carbonyl (C=O) groups excluding carboxylic acids is 1. The Morgan fingerprint density at radius 1 is 1.37 bits per heavy atom. The lowest BCUT2D eigenvalue weighted by atomic mass is 10.1. The van der Waals surface area contributed by atoms with Crippen molar-refractivity contribution in [1.82, 2.24) is 9.44 Å². The lowest BCUT2D eigenvalue weighted by Gasteiger charge is -2.08. The molecule has 8 heteroatoms. The smallest absolute Gasteiger partial charge is 0.421 e. The van der Waals surface area contributed by atoms with Crippen molar-refractivity contribution in [3.8, 4) is 0 Å². The summed E-state index contributed by atoms with van der Waals surface area (Å²) in [7, 11) is -3.93. The Bertz CT molecular complexity index is 530. The number of amides is 1. The van der Waals surface area contributed by atoms with Gasteiger partial charge in [0.2, 0.25) is 0 Å². The molecule has 0 fully saturated rings. The fourth-order valence-corrected chi connectivity index (χ4v) is 2.06. The van der Waals surface area contributed by atoms with Gasteiger partial charge >= 0.3 is 16.3 Å². The van der Waals surface area contributed by atoms with Crippen molar-refractivity contribution in [3.63, 3.8) is 0 Å². The fourth-order valence-electron chi connectivity index (χ4n) is 1.35. The first-order chi connectivity index (χ1) is 8.96. The van der Waals surface area contributed by atoms with Gasteiger partial charge in [0.05, 0.1) is 6.61 Å². The van der Waals surface area contributed by atoms with Crippen LogP contribution in [0.1, 0.15) is 18.1 Å². The number of carbonyl (C=O) groups is 1. The SMILES string of the molecule is CCOC(=O)NS(=O)(=O)NCc1cccc(CN)c1. The lowest BCUT2D eigenvalue weighted by Crippen LogP contribution is -2.40. The third-order valence-electron chi connectivity index (χ3n) is 2.19. The molecule has 19 heavy (non-hydrogen) atoms. The maximum absolute atomic E-state index is 11.5. The first-order valence-corrected chi connectivity index (χ1v) is 7.17. The lowest BCUT2D eigenvalue weighted by molar-refractivity contribution is 0.158. The summed E-state index contributed by atoms with van der Waals surface area (Å²) < 4.78 is 31.4. The third-order valence-corrected chi connectivity index (χ3v) is 3.15. The summed E-state index contributed by atoms with van der Waals surface area (Å²) in [5.74, 6) is 0. The maximum atomic E-state index is 11.5. The van der Waals surface area contributed by atoms with Crippen molar-refractivity contribution in [3.05, 3.63) is 35.4 Å². The van der Waals surface area contributed by atoms with Crippen LogP contribution in [-0.2, 0) is 28.0 Å². The predicted octanol–water partition coefficient (Wildman–Crippen LogP) is 0.226. The van der Waals surface area contributed by atoms with Crippen molar-refractivity contribution >= 4 is 16.3 Å². The Labute approximate surface area is 112 Å². The van der Waals surface area contributed by atoms with E-state index in [-0.39, 0.29) is 13.2 Å². The van der Waals surface area contributed by atoms with Gasteiger partial charge in [0, 0.05) is 13.1 Å². The molecule has 7 nitrogen and oxygen atoms in total. The average Bonchev–Trinajstić information content (AvgIpc) is 2.36. The van der Waals surface area contributed by atoms with E-state index in [0.717, 1.165) is 11.1 Å². The zero-order valence-corrected chi connectivity index (χ0v) is 11.4. The van der Waals surface area contributed by atoms with Crippen LogP contribution in [0.5, 0.6) is 0 Å². The number of rotatable bonds is 6. The molecule has 4 N–H and O–H groups in total. The van der Waals surface area contributed by atoms with Crippen LogP contribution in [0.2, 0.25) is 0 Å². The molecule has 0 spiro atoms. The third kappa shape index (κ3) is 5.69. The van der Waals surface area contributed by atoms with E-state index in [9.17, 15) is 13.2 Å². The number of ether oxygens (including phenoxy) is 1. The summed E-state index contributed by atoms with van der Waals surface area (Å²) in [6, 6.07) is 7.17. The van der Waals surface area contributed by atoms with Gasteiger partial charge in [-0.1, -0.05) is 24.3 Å². The number of benzene rings is 1. The van der Waals surface area contributed by atoms with Crippen LogP contribution in [0.25, 0.3) is 0 Å². The van der Waals surface area contributed by atoms with Crippen molar-refractivity contribution in [2.45, 2.75) is 20.0 Å². The standard InChI is InChI=1S/C11H17N3O4S/c1-2-18-11(15)14-19(16,17)13-8-10-5-3-4-9(6-10)7-12/h3-6,13H,2,7-8,12H2,1H3,(H,14,15). The normalized spacial score (nSPS) is 11.1. The van der Waals surface area contributed by atoms with Gasteiger partial charge in [-0.25, -0.2) is 9.52 Å². The maximum Gasteiger partial charge on any atom is 0.421 e. The Morgan fingerprint density at radius 2 is 2.05 bits per heavy atom. The number of hydrogen-bond donors (Lipinski definition) is 3. The van der Waals surface area contributed by atoms with Crippen molar-refractivity contribution in [1.29, 1.82) is 0 Å². The highest BCUT2D eigenvalue weighted by Crippen LogP contribution is 2.04. The van der Waals surface area contributed by atoms with Gasteiger partial charge in [-0.2, -0.15) is 13.1 Å². The van der Waals surface area contributed by atoms with Gasteiger partial charge < -0.3 is 10.5 Å². The van der Waals surface area contributed by atoms with Gasteiger partial charge in [0.25, 0.3) is 0 Å².